The summed E-state index contributed by atoms with van der Waals surface area (Å²) in [7, 11) is 7.32. The normalized spacial score (nSPS) is 12.3. The van der Waals surface area contributed by atoms with Crippen molar-refractivity contribution in [2.75, 3.05) is 28.2 Å². The molecule has 0 saturated heterocycles. The van der Waals surface area contributed by atoms with E-state index in [1.807, 2.05) is 78.4 Å². The van der Waals surface area contributed by atoms with Crippen LogP contribution in [-0.2, 0) is 45.7 Å². The van der Waals surface area contributed by atoms with Crippen LogP contribution in [0.15, 0.2) is 69.2 Å². The molecule has 0 aromatic carbocycles. The van der Waals surface area contributed by atoms with Crippen LogP contribution in [0.1, 0.15) is 25.2 Å². The molecular formula is C20H26N8PdS2. The van der Waals surface area contributed by atoms with Crippen molar-refractivity contribution in [1.82, 2.24) is 19.8 Å². The van der Waals surface area contributed by atoms with Crippen LogP contribution in [0, 0.1) is 0 Å². The summed E-state index contributed by atoms with van der Waals surface area (Å²) in [5.41, 5.74) is 3.12. The molecular weight excluding hydrogens is 523 g/mol. The Morgan fingerprint density at radius 3 is 1.29 bits per heavy atom. The Bertz CT molecular complexity index is 822. The van der Waals surface area contributed by atoms with Crippen LogP contribution in [0.3, 0.4) is 0 Å². The third-order valence-corrected chi connectivity index (χ3v) is 4.30. The van der Waals surface area contributed by atoms with Crippen LogP contribution < -0.4 is 0 Å². The van der Waals surface area contributed by atoms with Crippen LogP contribution in [0.25, 0.3) is 0 Å². The van der Waals surface area contributed by atoms with Crippen molar-refractivity contribution in [2.45, 2.75) is 13.8 Å². The predicted molar refractivity (Wildman–Crippen MR) is 130 cm³/mol. The molecule has 0 aliphatic carbocycles. The van der Waals surface area contributed by atoms with E-state index in [4.69, 9.17) is 25.3 Å². The zero-order valence-electron chi connectivity index (χ0n) is 18.3. The molecule has 0 saturated carbocycles. The Balaban J connectivity index is 0.000000562. The Hall–Kier alpha value is -2.32. The molecule has 2 aromatic heterocycles. The van der Waals surface area contributed by atoms with Gasteiger partial charge in [0, 0.05) is 50.9 Å². The molecule has 0 atom stereocenters. The summed E-state index contributed by atoms with van der Waals surface area (Å²) >= 11 is 9.96. The van der Waals surface area contributed by atoms with Gasteiger partial charge >= 0.3 is 20.4 Å². The van der Waals surface area contributed by atoms with E-state index in [2.05, 4.69) is 30.4 Å². The first kappa shape index (κ1) is 28.7. The molecule has 0 aliphatic heterocycles. The van der Waals surface area contributed by atoms with Crippen molar-refractivity contribution < 1.29 is 20.4 Å². The largest absolute Gasteiger partial charge is 2.00 e. The first-order valence-corrected chi connectivity index (χ1v) is 9.80. The van der Waals surface area contributed by atoms with Crippen LogP contribution in [0.4, 0.5) is 0 Å². The number of rotatable bonds is 4. The summed E-state index contributed by atoms with van der Waals surface area (Å²) in [5.74, 6) is 0. The van der Waals surface area contributed by atoms with E-state index >= 15 is 0 Å². The molecule has 11 heteroatoms. The smallest absolute Gasteiger partial charge is 0.741 e. The molecule has 0 bridgehead atoms. The van der Waals surface area contributed by atoms with Crippen LogP contribution in [0.2, 0.25) is 0 Å². The fourth-order valence-electron chi connectivity index (χ4n) is 1.67. The molecule has 0 spiro atoms. The molecule has 2 aromatic rings. The Morgan fingerprint density at radius 1 is 0.677 bits per heavy atom. The van der Waals surface area contributed by atoms with Crippen molar-refractivity contribution in [3.63, 3.8) is 0 Å². The number of aromatic nitrogens is 2. The number of pyridine rings is 2. The van der Waals surface area contributed by atoms with E-state index < -0.39 is 0 Å². The van der Waals surface area contributed by atoms with Crippen molar-refractivity contribution in [3.8, 4) is 0 Å². The molecule has 2 rings (SSSR count). The maximum absolute atomic E-state index is 4.98. The third-order valence-electron chi connectivity index (χ3n) is 3.41. The van der Waals surface area contributed by atoms with Gasteiger partial charge in [-0.2, -0.15) is 20.4 Å². The minimum absolute atomic E-state index is 0. The van der Waals surface area contributed by atoms with E-state index in [1.54, 1.807) is 22.2 Å². The molecule has 8 nitrogen and oxygen atoms in total. The van der Waals surface area contributed by atoms with E-state index in [0.29, 0.717) is 10.3 Å². The second-order valence-corrected chi connectivity index (χ2v) is 7.09. The summed E-state index contributed by atoms with van der Waals surface area (Å²) in [4.78, 5) is 11.8. The van der Waals surface area contributed by atoms with Crippen molar-refractivity contribution in [3.05, 3.63) is 60.2 Å². The molecule has 0 N–H and O–H groups in total. The Kier molecular flexibility index (Phi) is 14.3. The molecule has 0 unspecified atom stereocenters. The zero-order valence-corrected chi connectivity index (χ0v) is 21.5. The minimum Gasteiger partial charge on any atom is -0.741 e. The van der Waals surface area contributed by atoms with Gasteiger partial charge < -0.3 is 35.1 Å². The molecule has 0 aliphatic rings. The van der Waals surface area contributed by atoms with E-state index in [1.165, 1.54) is 0 Å². The van der Waals surface area contributed by atoms with Crippen molar-refractivity contribution >= 4 is 47.0 Å². The number of amidine groups is 2. The zero-order chi connectivity index (χ0) is 22.5. The Labute approximate surface area is 209 Å². The van der Waals surface area contributed by atoms with Gasteiger partial charge in [-0.25, -0.2) is 0 Å². The summed E-state index contributed by atoms with van der Waals surface area (Å²) in [6.45, 7) is 3.70. The topological polar surface area (TPSA) is 81.7 Å². The monoisotopic (exact) mass is 548 g/mol. The number of nitrogens with zero attached hydrogens (tertiary/aromatic N) is 8. The second kappa shape index (κ2) is 15.5. The van der Waals surface area contributed by atoms with Gasteiger partial charge in [-0.15, -0.1) is 0 Å². The summed E-state index contributed by atoms with van der Waals surface area (Å²) in [6.07, 6.45) is 3.44. The van der Waals surface area contributed by atoms with Gasteiger partial charge in [-0.05, 0) is 38.1 Å². The summed E-state index contributed by atoms with van der Waals surface area (Å²) in [6, 6.07) is 11.3. The standard InChI is InChI=1S/2C10H14N4S.Pd/c2*1-8(9-6-4-5-7-11-9)12-13-10(15)14(2)3;/h2*4-7H,1-3H3,(H,13,15);/q;;+2/p-2/b2*12-8+;. The SMILES string of the molecule is C/C(=N\N=C(/[S-])N(C)C)c1ccccn1.C/C(=N\N=C(/[S-])N(C)C)c1ccccn1.[Pd+2]. The fraction of sp³-hybridized carbons (Fsp3) is 0.300. The van der Waals surface area contributed by atoms with E-state index in [-0.39, 0.29) is 20.4 Å². The minimum atomic E-state index is 0. The summed E-state index contributed by atoms with van der Waals surface area (Å²) < 4.78 is 0. The molecule has 2 heterocycles. The number of hydrogen-bond donors (Lipinski definition) is 0. The molecule has 0 radical (unpaired) electrons. The first-order valence-electron chi connectivity index (χ1n) is 8.98. The summed E-state index contributed by atoms with van der Waals surface area (Å²) in [5, 5.41) is 16.7. The molecule has 168 valence electrons. The average Bonchev–Trinajstić information content (AvgIpc) is 2.76. The van der Waals surface area contributed by atoms with Gasteiger partial charge in [-0.3, -0.25) is 9.97 Å². The molecule has 0 fully saturated rings. The van der Waals surface area contributed by atoms with Gasteiger partial charge in [0.2, 0.25) is 0 Å². The van der Waals surface area contributed by atoms with Gasteiger partial charge in [-0.1, -0.05) is 12.1 Å². The molecule has 31 heavy (non-hydrogen) atoms. The van der Waals surface area contributed by atoms with Crippen molar-refractivity contribution in [1.29, 1.82) is 0 Å². The van der Waals surface area contributed by atoms with Gasteiger partial charge in [0.1, 0.15) is 0 Å². The van der Waals surface area contributed by atoms with Gasteiger partial charge in [0.25, 0.3) is 0 Å². The van der Waals surface area contributed by atoms with E-state index in [9.17, 15) is 0 Å². The van der Waals surface area contributed by atoms with Crippen LogP contribution >= 0.6 is 0 Å². The van der Waals surface area contributed by atoms with Gasteiger partial charge in [0.15, 0.2) is 0 Å². The maximum Gasteiger partial charge on any atom is 2.00 e. The van der Waals surface area contributed by atoms with Crippen LogP contribution in [0.5, 0.6) is 0 Å². The van der Waals surface area contributed by atoms with Gasteiger partial charge in [0.05, 0.1) is 22.8 Å². The van der Waals surface area contributed by atoms with Crippen LogP contribution in [-0.4, -0.2) is 69.7 Å². The third kappa shape index (κ3) is 11.6. The first-order chi connectivity index (χ1) is 14.2. The fourth-order valence-corrected chi connectivity index (χ4v) is 1.75. The van der Waals surface area contributed by atoms with E-state index in [0.717, 1.165) is 22.8 Å². The molecule has 0 amide bonds. The maximum atomic E-state index is 4.98. The number of hydrogen-bond acceptors (Lipinski definition) is 8. The van der Waals surface area contributed by atoms with Crippen molar-refractivity contribution in [2.24, 2.45) is 20.4 Å². The predicted octanol–water partition coefficient (Wildman–Crippen LogP) is 2.54. The Morgan fingerprint density at radius 2 is 1.03 bits per heavy atom. The quantitative estimate of drug-likeness (QED) is 0.192. The second-order valence-electron chi connectivity index (χ2n) is 6.35. The average molecular weight is 549 g/mol.